The van der Waals surface area contributed by atoms with Crippen LogP contribution in [0.1, 0.15) is 33.6 Å². The van der Waals surface area contributed by atoms with Gasteiger partial charge in [-0.25, -0.2) is 4.79 Å². The quantitative estimate of drug-likeness (QED) is 0.481. The number of nitrogens with one attached hydrogen (secondary N) is 2. The van der Waals surface area contributed by atoms with Gasteiger partial charge in [-0.1, -0.05) is 13.3 Å². The molecule has 1 aliphatic rings. The molecule has 1 rings (SSSR count). The summed E-state index contributed by atoms with van der Waals surface area (Å²) in [5.41, 5.74) is -0.370. The van der Waals surface area contributed by atoms with Crippen LogP contribution in [0.4, 0.5) is 4.79 Å². The third-order valence-corrected chi connectivity index (χ3v) is 2.94. The number of hydrogen-bond donors (Lipinski definition) is 2. The molecule has 0 spiro atoms. The molecular formula is C13H27N3O2. The number of carbonyl (C=O) groups excluding carboxylic acids is 1. The van der Waals surface area contributed by atoms with Gasteiger partial charge in [-0.05, 0) is 20.3 Å². The second-order valence-corrected chi connectivity index (χ2v) is 5.42. The van der Waals surface area contributed by atoms with Gasteiger partial charge in [0.2, 0.25) is 0 Å². The minimum Gasteiger partial charge on any atom is -0.444 e. The van der Waals surface area contributed by atoms with Crippen LogP contribution >= 0.6 is 0 Å². The van der Waals surface area contributed by atoms with Gasteiger partial charge in [-0.3, -0.25) is 4.90 Å². The van der Waals surface area contributed by atoms with E-state index in [2.05, 4.69) is 22.5 Å². The molecule has 1 fully saturated rings. The first-order valence-corrected chi connectivity index (χ1v) is 6.93. The first-order valence-electron chi connectivity index (χ1n) is 6.93. The zero-order chi connectivity index (χ0) is 13.4. The van der Waals surface area contributed by atoms with Gasteiger partial charge < -0.3 is 15.4 Å². The molecule has 18 heavy (non-hydrogen) atoms. The van der Waals surface area contributed by atoms with Gasteiger partial charge in [-0.15, -0.1) is 0 Å². The summed E-state index contributed by atoms with van der Waals surface area (Å²) < 4.78 is 5.35. The summed E-state index contributed by atoms with van der Waals surface area (Å²) in [7, 11) is 0. The molecule has 0 aromatic carbocycles. The number of amides is 1. The van der Waals surface area contributed by atoms with Crippen LogP contribution in [0.2, 0.25) is 0 Å². The Kier molecular flexibility index (Phi) is 6.43. The van der Waals surface area contributed by atoms with Crippen LogP contribution in [0.15, 0.2) is 0 Å². The molecule has 0 aromatic heterocycles. The molecule has 0 bridgehead atoms. The lowest BCUT2D eigenvalue weighted by molar-refractivity contribution is 0.0324. The van der Waals surface area contributed by atoms with E-state index in [1.165, 1.54) is 13.1 Å². The van der Waals surface area contributed by atoms with Crippen LogP contribution in [0, 0.1) is 0 Å². The molecule has 0 saturated carbocycles. The molecule has 5 heteroatoms. The normalized spacial score (nSPS) is 15.5. The van der Waals surface area contributed by atoms with E-state index in [9.17, 15) is 4.79 Å². The van der Waals surface area contributed by atoms with Gasteiger partial charge in [-0.2, -0.15) is 0 Å². The van der Waals surface area contributed by atoms with Crippen molar-refractivity contribution in [1.29, 1.82) is 0 Å². The van der Waals surface area contributed by atoms with Crippen LogP contribution in [-0.4, -0.2) is 55.9 Å². The summed E-state index contributed by atoms with van der Waals surface area (Å²) in [5.74, 6) is 0. The maximum absolute atomic E-state index is 11.5. The number of ether oxygens (including phenoxy) is 1. The summed E-state index contributed by atoms with van der Waals surface area (Å²) in [4.78, 5) is 13.9. The van der Waals surface area contributed by atoms with Gasteiger partial charge in [0.25, 0.3) is 0 Å². The summed E-state index contributed by atoms with van der Waals surface area (Å²) in [6, 6.07) is 0. The standard InChI is InChI=1S/C13H27N3O2/c1-4-5-13(2,3)18-12(17)15-7-6-14-8-9-16-10-11-16/h14H,4-11H2,1-3H3,(H,15,17). The van der Waals surface area contributed by atoms with E-state index >= 15 is 0 Å². The van der Waals surface area contributed by atoms with Crippen molar-refractivity contribution in [3.63, 3.8) is 0 Å². The second-order valence-electron chi connectivity index (χ2n) is 5.42. The van der Waals surface area contributed by atoms with Crippen LogP contribution in [0.3, 0.4) is 0 Å². The van der Waals surface area contributed by atoms with Crippen molar-refractivity contribution < 1.29 is 9.53 Å². The molecule has 1 saturated heterocycles. The number of rotatable bonds is 9. The Morgan fingerprint density at radius 3 is 2.61 bits per heavy atom. The largest absolute Gasteiger partial charge is 0.444 e. The van der Waals surface area contributed by atoms with Gasteiger partial charge in [0.1, 0.15) is 5.60 Å². The number of alkyl carbamates (subject to hydrolysis) is 1. The Bertz CT molecular complexity index is 253. The average molecular weight is 257 g/mol. The van der Waals surface area contributed by atoms with Crippen molar-refractivity contribution in [3.05, 3.63) is 0 Å². The smallest absolute Gasteiger partial charge is 0.407 e. The number of hydrogen-bond acceptors (Lipinski definition) is 4. The van der Waals surface area contributed by atoms with E-state index in [0.717, 1.165) is 32.5 Å². The molecule has 106 valence electrons. The van der Waals surface area contributed by atoms with Gasteiger partial charge in [0.15, 0.2) is 0 Å². The fourth-order valence-electron chi connectivity index (χ4n) is 1.85. The Morgan fingerprint density at radius 2 is 2.00 bits per heavy atom. The lowest BCUT2D eigenvalue weighted by Crippen LogP contribution is -2.38. The Hall–Kier alpha value is -0.810. The molecule has 0 radical (unpaired) electrons. The minimum atomic E-state index is -0.370. The van der Waals surface area contributed by atoms with Crippen molar-refractivity contribution in [3.8, 4) is 0 Å². The predicted molar refractivity (Wildman–Crippen MR) is 72.8 cm³/mol. The lowest BCUT2D eigenvalue weighted by Gasteiger charge is -2.24. The monoisotopic (exact) mass is 257 g/mol. The van der Waals surface area contributed by atoms with Gasteiger partial charge >= 0.3 is 6.09 Å². The zero-order valence-corrected chi connectivity index (χ0v) is 11.9. The number of nitrogens with zero attached hydrogens (tertiary/aromatic N) is 1. The van der Waals surface area contributed by atoms with E-state index in [1.54, 1.807) is 0 Å². The highest BCUT2D eigenvalue weighted by atomic mass is 16.6. The van der Waals surface area contributed by atoms with Gasteiger partial charge in [0, 0.05) is 39.3 Å². The number of carbonyl (C=O) groups is 1. The van der Waals surface area contributed by atoms with E-state index in [1.807, 2.05) is 13.8 Å². The third-order valence-electron chi connectivity index (χ3n) is 2.94. The first-order chi connectivity index (χ1) is 8.53. The summed E-state index contributed by atoms with van der Waals surface area (Å²) in [6.07, 6.45) is 1.58. The van der Waals surface area contributed by atoms with E-state index in [4.69, 9.17) is 4.74 Å². The molecule has 0 aromatic rings. The predicted octanol–water partition coefficient (Wildman–Crippen LogP) is 1.20. The molecule has 1 aliphatic heterocycles. The van der Waals surface area contributed by atoms with E-state index < -0.39 is 0 Å². The first kappa shape index (κ1) is 15.2. The molecular weight excluding hydrogens is 230 g/mol. The highest BCUT2D eigenvalue weighted by molar-refractivity contribution is 5.67. The fraction of sp³-hybridized carbons (Fsp3) is 0.923. The molecule has 5 nitrogen and oxygen atoms in total. The lowest BCUT2D eigenvalue weighted by atomic mass is 10.0. The Labute approximate surface area is 110 Å². The Balaban J connectivity index is 1.95. The molecule has 1 amide bonds. The zero-order valence-electron chi connectivity index (χ0n) is 11.9. The maximum Gasteiger partial charge on any atom is 0.407 e. The third kappa shape index (κ3) is 7.50. The van der Waals surface area contributed by atoms with Crippen molar-refractivity contribution in [1.82, 2.24) is 15.5 Å². The van der Waals surface area contributed by atoms with Crippen molar-refractivity contribution in [2.45, 2.75) is 39.2 Å². The fourth-order valence-corrected chi connectivity index (χ4v) is 1.85. The second kappa shape index (κ2) is 7.59. The molecule has 0 unspecified atom stereocenters. The van der Waals surface area contributed by atoms with E-state index in [0.29, 0.717) is 6.54 Å². The highest BCUT2D eigenvalue weighted by Gasteiger charge is 2.21. The maximum atomic E-state index is 11.5. The molecule has 1 heterocycles. The van der Waals surface area contributed by atoms with Crippen LogP contribution in [0.5, 0.6) is 0 Å². The van der Waals surface area contributed by atoms with Crippen LogP contribution < -0.4 is 10.6 Å². The summed E-state index contributed by atoms with van der Waals surface area (Å²) in [5, 5.41) is 6.05. The summed E-state index contributed by atoms with van der Waals surface area (Å²) in [6.45, 7) is 11.9. The molecule has 2 N–H and O–H groups in total. The SMILES string of the molecule is CCCC(C)(C)OC(=O)NCCNCCN1CC1. The van der Waals surface area contributed by atoms with Crippen LogP contribution in [0.25, 0.3) is 0 Å². The minimum absolute atomic E-state index is 0.318. The molecule has 0 aliphatic carbocycles. The van der Waals surface area contributed by atoms with Crippen molar-refractivity contribution in [2.24, 2.45) is 0 Å². The topological polar surface area (TPSA) is 53.4 Å². The summed E-state index contributed by atoms with van der Waals surface area (Å²) >= 11 is 0. The van der Waals surface area contributed by atoms with Crippen LogP contribution in [-0.2, 0) is 4.74 Å². The average Bonchev–Trinajstić information content (AvgIpc) is 3.06. The Morgan fingerprint density at radius 1 is 1.28 bits per heavy atom. The molecule has 0 atom stereocenters. The van der Waals surface area contributed by atoms with Gasteiger partial charge in [0.05, 0.1) is 0 Å². The van der Waals surface area contributed by atoms with E-state index in [-0.39, 0.29) is 11.7 Å². The van der Waals surface area contributed by atoms with Crippen molar-refractivity contribution >= 4 is 6.09 Å². The highest BCUT2D eigenvalue weighted by Crippen LogP contribution is 2.16. The van der Waals surface area contributed by atoms with Crippen molar-refractivity contribution in [2.75, 3.05) is 39.3 Å².